The highest BCUT2D eigenvalue weighted by molar-refractivity contribution is 5.85. The number of hydrogen-bond acceptors (Lipinski definition) is 1. The van der Waals surface area contributed by atoms with E-state index in [0.717, 1.165) is 6.54 Å². The minimum absolute atomic E-state index is 0.851. The molecule has 0 heterocycles. The van der Waals surface area contributed by atoms with E-state index in [1.807, 2.05) is 0 Å². The number of hydrogen-bond donors (Lipinski definition) is 1. The van der Waals surface area contributed by atoms with Crippen LogP contribution in [0.4, 0.5) is 5.69 Å². The van der Waals surface area contributed by atoms with E-state index in [2.05, 4.69) is 79.8 Å². The van der Waals surface area contributed by atoms with Crippen molar-refractivity contribution < 1.29 is 0 Å². The highest BCUT2D eigenvalue weighted by atomic mass is 14.9. The van der Waals surface area contributed by atoms with Crippen molar-refractivity contribution in [3.05, 3.63) is 77.4 Å². The number of aryl methyl sites for hydroxylation is 2. The van der Waals surface area contributed by atoms with E-state index in [9.17, 15) is 0 Å². The second-order valence-corrected chi connectivity index (χ2v) is 5.37. The van der Waals surface area contributed by atoms with Gasteiger partial charge in [0.25, 0.3) is 0 Å². The van der Waals surface area contributed by atoms with Crippen LogP contribution in [0.2, 0.25) is 0 Å². The molecule has 0 fully saturated rings. The molecule has 0 aliphatic rings. The Morgan fingerprint density at radius 3 is 2.30 bits per heavy atom. The van der Waals surface area contributed by atoms with Gasteiger partial charge in [0.15, 0.2) is 0 Å². The number of nitrogens with one attached hydrogen (secondary N) is 1. The van der Waals surface area contributed by atoms with E-state index >= 15 is 0 Å². The van der Waals surface area contributed by atoms with Gasteiger partial charge in [-0.05, 0) is 53.4 Å². The summed E-state index contributed by atoms with van der Waals surface area (Å²) in [6, 6.07) is 21.6. The second kappa shape index (κ2) is 5.38. The Balaban J connectivity index is 1.87. The van der Waals surface area contributed by atoms with E-state index in [1.165, 1.54) is 33.2 Å². The summed E-state index contributed by atoms with van der Waals surface area (Å²) in [5.74, 6) is 0. The molecule has 0 aliphatic heterocycles. The molecule has 0 bridgehead atoms. The summed E-state index contributed by atoms with van der Waals surface area (Å²) in [5.41, 5.74) is 5.12. The number of rotatable bonds is 3. The second-order valence-electron chi connectivity index (χ2n) is 5.37. The molecule has 0 aliphatic carbocycles. The van der Waals surface area contributed by atoms with E-state index in [4.69, 9.17) is 0 Å². The average Bonchev–Trinajstić information content (AvgIpc) is 2.44. The van der Waals surface area contributed by atoms with Gasteiger partial charge in [0, 0.05) is 12.2 Å². The van der Waals surface area contributed by atoms with Gasteiger partial charge in [0.05, 0.1) is 0 Å². The third kappa shape index (κ3) is 2.67. The summed E-state index contributed by atoms with van der Waals surface area (Å²) in [7, 11) is 0. The molecular formula is C19H19N. The van der Waals surface area contributed by atoms with Crippen molar-refractivity contribution in [1.82, 2.24) is 0 Å². The first-order chi connectivity index (χ1) is 9.72. The molecule has 0 unspecified atom stereocenters. The van der Waals surface area contributed by atoms with Crippen LogP contribution < -0.4 is 5.32 Å². The molecule has 3 aromatic rings. The summed E-state index contributed by atoms with van der Waals surface area (Å²) in [4.78, 5) is 0. The quantitative estimate of drug-likeness (QED) is 0.694. The van der Waals surface area contributed by atoms with E-state index < -0.39 is 0 Å². The summed E-state index contributed by atoms with van der Waals surface area (Å²) < 4.78 is 0. The maximum absolute atomic E-state index is 3.53. The topological polar surface area (TPSA) is 12.0 Å². The lowest BCUT2D eigenvalue weighted by molar-refractivity contribution is 1.16. The summed E-state index contributed by atoms with van der Waals surface area (Å²) in [6.45, 7) is 5.12. The van der Waals surface area contributed by atoms with Crippen LogP contribution in [0.1, 0.15) is 16.7 Å². The van der Waals surface area contributed by atoms with Crippen LogP contribution in [0, 0.1) is 13.8 Å². The third-order valence-corrected chi connectivity index (χ3v) is 3.58. The largest absolute Gasteiger partial charge is 0.381 e. The molecule has 3 rings (SSSR count). The zero-order valence-electron chi connectivity index (χ0n) is 12.0. The van der Waals surface area contributed by atoms with Crippen LogP contribution in [0.5, 0.6) is 0 Å². The smallest absolute Gasteiger partial charge is 0.0406 e. The van der Waals surface area contributed by atoms with Crippen LogP contribution in [0.25, 0.3) is 10.8 Å². The van der Waals surface area contributed by atoms with Crippen LogP contribution in [-0.2, 0) is 6.54 Å². The summed E-state index contributed by atoms with van der Waals surface area (Å²) in [5, 5.41) is 6.16. The fraction of sp³-hybridized carbons (Fsp3) is 0.158. The monoisotopic (exact) mass is 261 g/mol. The normalized spacial score (nSPS) is 10.7. The molecule has 20 heavy (non-hydrogen) atoms. The van der Waals surface area contributed by atoms with Gasteiger partial charge in [-0.15, -0.1) is 0 Å². The summed E-state index contributed by atoms with van der Waals surface area (Å²) in [6.07, 6.45) is 0. The van der Waals surface area contributed by atoms with Gasteiger partial charge in [0.1, 0.15) is 0 Å². The zero-order chi connectivity index (χ0) is 13.9. The van der Waals surface area contributed by atoms with E-state index in [1.54, 1.807) is 0 Å². The molecule has 0 spiro atoms. The molecule has 0 radical (unpaired) electrons. The first kappa shape index (κ1) is 12.7. The van der Waals surface area contributed by atoms with Crippen LogP contribution in [0.15, 0.2) is 60.7 Å². The van der Waals surface area contributed by atoms with Gasteiger partial charge < -0.3 is 5.32 Å². The van der Waals surface area contributed by atoms with E-state index in [-0.39, 0.29) is 0 Å². The molecule has 1 heteroatoms. The third-order valence-electron chi connectivity index (χ3n) is 3.58. The van der Waals surface area contributed by atoms with Crippen molar-refractivity contribution in [2.45, 2.75) is 20.4 Å². The van der Waals surface area contributed by atoms with Crippen molar-refractivity contribution >= 4 is 16.5 Å². The van der Waals surface area contributed by atoms with Crippen LogP contribution in [-0.4, -0.2) is 0 Å². The van der Waals surface area contributed by atoms with Gasteiger partial charge >= 0.3 is 0 Å². The standard InChI is InChI=1S/C19H19N/c1-14-10-15(2)12-18(11-14)20-13-17-8-5-7-16-6-3-4-9-19(16)17/h3-12,20H,13H2,1-2H3. The maximum Gasteiger partial charge on any atom is 0.0406 e. The first-order valence-electron chi connectivity index (χ1n) is 7.01. The molecule has 100 valence electrons. The van der Waals surface area contributed by atoms with Gasteiger partial charge in [-0.2, -0.15) is 0 Å². The highest BCUT2D eigenvalue weighted by Gasteiger charge is 2.01. The van der Waals surface area contributed by atoms with E-state index in [0.29, 0.717) is 0 Å². The molecule has 3 aromatic carbocycles. The fourth-order valence-electron chi connectivity index (χ4n) is 2.72. The molecule has 0 saturated heterocycles. The average molecular weight is 261 g/mol. The Morgan fingerprint density at radius 1 is 0.800 bits per heavy atom. The Morgan fingerprint density at radius 2 is 1.50 bits per heavy atom. The Kier molecular flexibility index (Phi) is 3.42. The van der Waals surface area contributed by atoms with Crippen molar-refractivity contribution in [2.75, 3.05) is 5.32 Å². The lowest BCUT2D eigenvalue weighted by atomic mass is 10.0. The molecule has 0 aromatic heterocycles. The van der Waals surface area contributed by atoms with Crippen molar-refractivity contribution in [3.63, 3.8) is 0 Å². The van der Waals surface area contributed by atoms with Gasteiger partial charge in [-0.25, -0.2) is 0 Å². The predicted molar refractivity (Wildman–Crippen MR) is 87.2 cm³/mol. The van der Waals surface area contributed by atoms with Crippen molar-refractivity contribution in [1.29, 1.82) is 0 Å². The van der Waals surface area contributed by atoms with Crippen LogP contribution in [0.3, 0.4) is 0 Å². The zero-order valence-corrected chi connectivity index (χ0v) is 12.0. The Labute approximate surface area is 120 Å². The van der Waals surface area contributed by atoms with Gasteiger partial charge in [0.2, 0.25) is 0 Å². The van der Waals surface area contributed by atoms with Crippen molar-refractivity contribution in [2.24, 2.45) is 0 Å². The molecular weight excluding hydrogens is 242 g/mol. The lowest BCUT2D eigenvalue weighted by Gasteiger charge is -2.11. The first-order valence-corrected chi connectivity index (χ1v) is 7.01. The maximum atomic E-state index is 3.53. The molecule has 0 atom stereocenters. The van der Waals surface area contributed by atoms with Gasteiger partial charge in [-0.3, -0.25) is 0 Å². The lowest BCUT2D eigenvalue weighted by Crippen LogP contribution is -2.00. The minimum atomic E-state index is 0.851. The summed E-state index contributed by atoms with van der Waals surface area (Å²) >= 11 is 0. The number of fused-ring (bicyclic) bond motifs is 1. The number of benzene rings is 3. The van der Waals surface area contributed by atoms with Crippen LogP contribution >= 0.6 is 0 Å². The SMILES string of the molecule is Cc1cc(C)cc(NCc2cccc3ccccc23)c1. The predicted octanol–water partition coefficient (Wildman–Crippen LogP) is 5.07. The minimum Gasteiger partial charge on any atom is -0.381 e. The Bertz CT molecular complexity index is 718. The Hall–Kier alpha value is -2.28. The fourth-order valence-corrected chi connectivity index (χ4v) is 2.72. The molecule has 0 amide bonds. The number of anilines is 1. The van der Waals surface area contributed by atoms with Gasteiger partial charge in [-0.1, -0.05) is 48.5 Å². The highest BCUT2D eigenvalue weighted by Crippen LogP contribution is 2.20. The molecule has 1 nitrogen and oxygen atoms in total. The molecule has 0 saturated carbocycles. The molecule has 1 N–H and O–H groups in total. The van der Waals surface area contributed by atoms with Crippen molar-refractivity contribution in [3.8, 4) is 0 Å².